The lowest BCUT2D eigenvalue weighted by atomic mass is 10.1. The van der Waals surface area contributed by atoms with Crippen LogP contribution in [0.4, 0.5) is 5.69 Å². The number of carbonyl (C=O) groups excluding carboxylic acids is 2. The minimum Gasteiger partial charge on any atom is -0.484 e. The molecule has 26 heavy (non-hydrogen) atoms. The van der Waals surface area contributed by atoms with Crippen molar-refractivity contribution < 1.29 is 14.3 Å². The van der Waals surface area contributed by atoms with Crippen molar-refractivity contribution in [2.45, 2.75) is 40.2 Å². The van der Waals surface area contributed by atoms with Crippen molar-refractivity contribution in [2.24, 2.45) is 0 Å². The number of ether oxygens (including phenoxy) is 1. The monoisotopic (exact) mass is 354 g/mol. The fourth-order valence-corrected chi connectivity index (χ4v) is 2.55. The van der Waals surface area contributed by atoms with E-state index in [1.54, 1.807) is 24.3 Å². The maximum atomic E-state index is 12.4. The van der Waals surface area contributed by atoms with Crippen LogP contribution >= 0.6 is 0 Å². The van der Waals surface area contributed by atoms with Crippen LogP contribution in [0.1, 0.15) is 41.8 Å². The van der Waals surface area contributed by atoms with Gasteiger partial charge in [-0.05, 0) is 62.6 Å². The van der Waals surface area contributed by atoms with Gasteiger partial charge in [0.05, 0.1) is 11.3 Å². The van der Waals surface area contributed by atoms with E-state index in [1.165, 1.54) is 0 Å². The maximum absolute atomic E-state index is 12.4. The highest BCUT2D eigenvalue weighted by molar-refractivity contribution is 6.04. The number of anilines is 1. The van der Waals surface area contributed by atoms with Crippen LogP contribution in [0, 0.1) is 13.8 Å². The Morgan fingerprint density at radius 2 is 1.73 bits per heavy atom. The SMILES string of the molecule is CCC(C)NC(=O)c1ccccc1NC(=O)COc1cc(C)cc(C)c1. The molecule has 0 saturated carbocycles. The third-order valence-electron chi connectivity index (χ3n) is 4.00. The summed E-state index contributed by atoms with van der Waals surface area (Å²) in [5, 5.41) is 5.67. The normalized spacial score (nSPS) is 11.5. The van der Waals surface area contributed by atoms with Gasteiger partial charge in [-0.2, -0.15) is 0 Å². The topological polar surface area (TPSA) is 67.4 Å². The summed E-state index contributed by atoms with van der Waals surface area (Å²) < 4.78 is 5.57. The van der Waals surface area contributed by atoms with Crippen LogP contribution in [0.2, 0.25) is 0 Å². The molecule has 2 rings (SSSR count). The minimum atomic E-state index is -0.312. The fraction of sp³-hybridized carbons (Fsp3) is 0.333. The molecule has 0 aromatic heterocycles. The van der Waals surface area contributed by atoms with Crippen LogP contribution in [0.15, 0.2) is 42.5 Å². The highest BCUT2D eigenvalue weighted by Crippen LogP contribution is 2.17. The van der Waals surface area contributed by atoms with E-state index in [1.807, 2.05) is 45.9 Å². The Bertz CT molecular complexity index is 766. The maximum Gasteiger partial charge on any atom is 0.262 e. The molecule has 1 atom stereocenters. The van der Waals surface area contributed by atoms with E-state index in [2.05, 4.69) is 10.6 Å². The van der Waals surface area contributed by atoms with E-state index >= 15 is 0 Å². The molecule has 0 aliphatic heterocycles. The van der Waals surface area contributed by atoms with Gasteiger partial charge in [-0.3, -0.25) is 9.59 Å². The zero-order valence-corrected chi connectivity index (χ0v) is 15.8. The molecule has 1 unspecified atom stereocenters. The number of para-hydroxylation sites is 1. The molecule has 0 saturated heterocycles. The molecule has 2 aromatic carbocycles. The van der Waals surface area contributed by atoms with Crippen molar-refractivity contribution in [3.8, 4) is 5.75 Å². The Morgan fingerprint density at radius 3 is 2.38 bits per heavy atom. The van der Waals surface area contributed by atoms with Gasteiger partial charge in [-0.25, -0.2) is 0 Å². The Balaban J connectivity index is 2.01. The quantitative estimate of drug-likeness (QED) is 0.794. The molecule has 138 valence electrons. The van der Waals surface area contributed by atoms with Crippen molar-refractivity contribution >= 4 is 17.5 Å². The predicted molar refractivity (Wildman–Crippen MR) is 104 cm³/mol. The van der Waals surface area contributed by atoms with Gasteiger partial charge in [0.2, 0.25) is 0 Å². The first-order valence-corrected chi connectivity index (χ1v) is 8.80. The summed E-state index contributed by atoms with van der Waals surface area (Å²) in [7, 11) is 0. The molecule has 0 spiro atoms. The molecule has 2 N–H and O–H groups in total. The Kier molecular flexibility index (Phi) is 6.78. The largest absolute Gasteiger partial charge is 0.484 e. The minimum absolute atomic E-state index is 0.0687. The second kappa shape index (κ2) is 9.04. The molecular formula is C21H26N2O3. The Hall–Kier alpha value is -2.82. The van der Waals surface area contributed by atoms with Gasteiger partial charge in [0, 0.05) is 6.04 Å². The highest BCUT2D eigenvalue weighted by Gasteiger charge is 2.14. The van der Waals surface area contributed by atoms with Crippen molar-refractivity contribution in [2.75, 3.05) is 11.9 Å². The van der Waals surface area contributed by atoms with E-state index in [0.29, 0.717) is 17.0 Å². The predicted octanol–water partition coefficient (Wildman–Crippen LogP) is 3.85. The van der Waals surface area contributed by atoms with Crippen LogP contribution in [0.5, 0.6) is 5.75 Å². The van der Waals surface area contributed by atoms with Crippen molar-refractivity contribution in [1.82, 2.24) is 5.32 Å². The summed E-state index contributed by atoms with van der Waals surface area (Å²) in [5.74, 6) is 0.138. The number of amides is 2. The van der Waals surface area contributed by atoms with Gasteiger partial charge in [0.25, 0.3) is 11.8 Å². The zero-order chi connectivity index (χ0) is 19.1. The van der Waals surface area contributed by atoms with Gasteiger partial charge in [-0.1, -0.05) is 25.1 Å². The summed E-state index contributed by atoms with van der Waals surface area (Å²) in [4.78, 5) is 24.6. The molecule has 0 heterocycles. The van der Waals surface area contributed by atoms with Crippen LogP contribution in [0.3, 0.4) is 0 Å². The lowest BCUT2D eigenvalue weighted by Gasteiger charge is -2.15. The second-order valence-electron chi connectivity index (χ2n) is 6.49. The second-order valence-corrected chi connectivity index (χ2v) is 6.49. The smallest absolute Gasteiger partial charge is 0.262 e. The average molecular weight is 354 g/mol. The molecule has 0 radical (unpaired) electrons. The van der Waals surface area contributed by atoms with E-state index in [0.717, 1.165) is 17.5 Å². The molecule has 0 bridgehead atoms. The zero-order valence-electron chi connectivity index (χ0n) is 15.8. The first-order valence-electron chi connectivity index (χ1n) is 8.80. The fourth-order valence-electron chi connectivity index (χ4n) is 2.55. The number of rotatable bonds is 7. The number of hydrogen-bond acceptors (Lipinski definition) is 3. The van der Waals surface area contributed by atoms with Gasteiger partial charge in [0.15, 0.2) is 6.61 Å². The van der Waals surface area contributed by atoms with Gasteiger partial charge >= 0.3 is 0 Å². The van der Waals surface area contributed by atoms with Gasteiger partial charge in [0.1, 0.15) is 5.75 Å². The van der Waals surface area contributed by atoms with Crippen molar-refractivity contribution in [1.29, 1.82) is 0 Å². The van der Waals surface area contributed by atoms with E-state index in [4.69, 9.17) is 4.74 Å². The van der Waals surface area contributed by atoms with Crippen molar-refractivity contribution in [3.05, 3.63) is 59.2 Å². The average Bonchev–Trinajstić information content (AvgIpc) is 2.59. The number of aryl methyl sites for hydroxylation is 2. The summed E-state index contributed by atoms with van der Waals surface area (Å²) in [6, 6.07) is 12.8. The Labute approximate surface area is 154 Å². The summed E-state index contributed by atoms with van der Waals surface area (Å²) in [5.41, 5.74) is 3.06. The first-order chi connectivity index (χ1) is 12.4. The van der Waals surface area contributed by atoms with Gasteiger partial charge in [-0.15, -0.1) is 0 Å². The molecule has 0 fully saturated rings. The molecule has 5 nitrogen and oxygen atoms in total. The van der Waals surface area contributed by atoms with Crippen LogP contribution in [0.25, 0.3) is 0 Å². The van der Waals surface area contributed by atoms with Crippen molar-refractivity contribution in [3.63, 3.8) is 0 Å². The number of nitrogens with one attached hydrogen (secondary N) is 2. The third-order valence-corrected chi connectivity index (χ3v) is 4.00. The van der Waals surface area contributed by atoms with E-state index in [-0.39, 0.29) is 24.5 Å². The molecule has 0 aliphatic carbocycles. The number of benzene rings is 2. The summed E-state index contributed by atoms with van der Waals surface area (Å²) in [6.07, 6.45) is 0.837. The van der Waals surface area contributed by atoms with E-state index in [9.17, 15) is 9.59 Å². The summed E-state index contributed by atoms with van der Waals surface area (Å²) >= 11 is 0. The van der Waals surface area contributed by atoms with Gasteiger partial charge < -0.3 is 15.4 Å². The van der Waals surface area contributed by atoms with Crippen LogP contribution < -0.4 is 15.4 Å². The first kappa shape index (κ1) is 19.5. The molecule has 2 aromatic rings. The Morgan fingerprint density at radius 1 is 1.08 bits per heavy atom. The molecule has 2 amide bonds. The van der Waals surface area contributed by atoms with E-state index < -0.39 is 0 Å². The lowest BCUT2D eigenvalue weighted by Crippen LogP contribution is -2.33. The molecular weight excluding hydrogens is 328 g/mol. The standard InChI is InChI=1S/C21H26N2O3/c1-5-16(4)22-21(25)18-8-6-7-9-19(18)23-20(24)13-26-17-11-14(2)10-15(3)12-17/h6-12,16H,5,13H2,1-4H3,(H,22,25)(H,23,24). The number of hydrogen-bond donors (Lipinski definition) is 2. The molecule has 0 aliphatic rings. The third kappa shape index (κ3) is 5.62. The molecule has 5 heteroatoms. The highest BCUT2D eigenvalue weighted by atomic mass is 16.5. The van der Waals surface area contributed by atoms with Crippen LogP contribution in [-0.2, 0) is 4.79 Å². The lowest BCUT2D eigenvalue weighted by molar-refractivity contribution is -0.118. The van der Waals surface area contributed by atoms with Crippen LogP contribution in [-0.4, -0.2) is 24.5 Å². The summed E-state index contributed by atoms with van der Waals surface area (Å²) in [6.45, 7) is 7.78. The number of carbonyl (C=O) groups is 2.